The van der Waals surface area contributed by atoms with E-state index in [1.807, 2.05) is 11.4 Å². The molecule has 0 saturated heterocycles. The van der Waals surface area contributed by atoms with Crippen molar-refractivity contribution in [1.29, 1.82) is 0 Å². The second-order valence-electron chi connectivity index (χ2n) is 9.26. The molecule has 3 atom stereocenters. The lowest BCUT2D eigenvalue weighted by atomic mass is 9.78. The largest absolute Gasteiger partial charge is 0.352 e. The first kappa shape index (κ1) is 22.8. The first-order valence-corrected chi connectivity index (χ1v) is 12.5. The van der Waals surface area contributed by atoms with Crippen molar-refractivity contribution in [2.75, 3.05) is 5.75 Å². The lowest BCUT2D eigenvalue weighted by Crippen LogP contribution is -2.44. The molecule has 0 bridgehead atoms. The van der Waals surface area contributed by atoms with Crippen molar-refractivity contribution >= 4 is 23.4 Å². The maximum Gasteiger partial charge on any atom is 0.253 e. The molecule has 0 radical (unpaired) electrons. The summed E-state index contributed by atoms with van der Waals surface area (Å²) in [7, 11) is 0. The summed E-state index contributed by atoms with van der Waals surface area (Å²) in [4.78, 5) is 21.8. The number of nitrogens with zero attached hydrogens (tertiary/aromatic N) is 4. The quantitative estimate of drug-likeness (QED) is 0.551. The van der Waals surface area contributed by atoms with E-state index in [9.17, 15) is 4.79 Å². The summed E-state index contributed by atoms with van der Waals surface area (Å²) in [5, 5.41) is 8.46. The number of carbonyl (C=O) groups excluding carboxylic acids is 1. The second kappa shape index (κ2) is 9.61. The topological polar surface area (TPSA) is 72.2 Å². The Kier molecular flexibility index (Phi) is 6.84. The zero-order valence-electron chi connectivity index (χ0n) is 19.7. The summed E-state index contributed by atoms with van der Waals surface area (Å²) >= 11 is 1.38. The monoisotopic (exact) mass is 451 g/mol. The predicted molar refractivity (Wildman–Crippen MR) is 129 cm³/mol. The van der Waals surface area contributed by atoms with Crippen molar-refractivity contribution < 1.29 is 4.79 Å². The van der Waals surface area contributed by atoms with Crippen LogP contribution in [0.1, 0.15) is 61.2 Å². The summed E-state index contributed by atoms with van der Waals surface area (Å²) in [5.74, 6) is 2.15. The van der Waals surface area contributed by atoms with Crippen LogP contribution in [0.3, 0.4) is 0 Å². The zero-order valence-corrected chi connectivity index (χ0v) is 20.5. The van der Waals surface area contributed by atoms with E-state index in [1.165, 1.54) is 41.3 Å². The van der Waals surface area contributed by atoms with Crippen LogP contribution >= 0.6 is 11.8 Å². The van der Waals surface area contributed by atoms with Crippen LogP contribution in [-0.2, 0) is 11.2 Å². The highest BCUT2D eigenvalue weighted by molar-refractivity contribution is 7.99. The highest BCUT2D eigenvalue weighted by Crippen LogP contribution is 2.29. The van der Waals surface area contributed by atoms with Gasteiger partial charge in [-0.2, -0.15) is 4.98 Å². The molecule has 0 spiro atoms. The first-order valence-electron chi connectivity index (χ1n) is 11.5. The number of aromatic nitrogens is 4. The highest BCUT2D eigenvalue weighted by atomic mass is 32.2. The molecule has 4 rings (SSSR count). The van der Waals surface area contributed by atoms with Crippen molar-refractivity contribution in [1.82, 2.24) is 24.9 Å². The van der Waals surface area contributed by atoms with E-state index >= 15 is 0 Å². The van der Waals surface area contributed by atoms with Crippen LogP contribution < -0.4 is 5.32 Å². The number of nitrogens with one attached hydrogen (secondary N) is 1. The molecule has 2 heterocycles. The minimum absolute atomic E-state index is 0.0562. The molecular formula is C25H33N5OS. The van der Waals surface area contributed by atoms with Crippen LogP contribution in [0.5, 0.6) is 0 Å². The third-order valence-electron chi connectivity index (χ3n) is 6.92. The van der Waals surface area contributed by atoms with Crippen molar-refractivity contribution in [3.8, 4) is 0 Å². The third kappa shape index (κ3) is 4.98. The Hall–Kier alpha value is -2.41. The fourth-order valence-electron chi connectivity index (χ4n) is 4.58. The Labute approximate surface area is 194 Å². The summed E-state index contributed by atoms with van der Waals surface area (Å²) < 4.78 is 1.81. The Morgan fingerprint density at radius 3 is 2.62 bits per heavy atom. The van der Waals surface area contributed by atoms with Gasteiger partial charge in [-0.25, -0.2) is 9.50 Å². The number of benzene rings is 1. The molecule has 7 heteroatoms. The molecule has 2 aromatic heterocycles. The number of thioether (sulfide) groups is 1. The van der Waals surface area contributed by atoms with Gasteiger partial charge in [0.25, 0.3) is 5.78 Å². The van der Waals surface area contributed by atoms with Gasteiger partial charge in [0.15, 0.2) is 0 Å². The van der Waals surface area contributed by atoms with E-state index < -0.39 is 0 Å². The van der Waals surface area contributed by atoms with Gasteiger partial charge < -0.3 is 5.32 Å². The van der Waals surface area contributed by atoms with E-state index in [2.05, 4.69) is 72.3 Å². The second-order valence-corrected chi connectivity index (χ2v) is 10.2. The maximum absolute atomic E-state index is 12.5. The molecule has 170 valence electrons. The van der Waals surface area contributed by atoms with Crippen molar-refractivity contribution in [2.45, 2.75) is 71.5 Å². The molecule has 1 fully saturated rings. The van der Waals surface area contributed by atoms with Gasteiger partial charge in [0, 0.05) is 23.9 Å². The lowest BCUT2D eigenvalue weighted by molar-refractivity contribution is -0.120. The average Bonchev–Trinajstić information content (AvgIpc) is 3.17. The molecule has 0 aliphatic heterocycles. The molecule has 3 aromatic rings. The standard InChI is InChI=1S/C25H33N5OS/c1-15-9-11-20(12-10-15)13-21-18(4)26-24-28-25(29-30(24)19(21)5)32-14-23(31)27-22-8-6-7-16(2)17(22)3/h9-12,16-17,22H,6-8,13-14H2,1-5H3,(H,27,31)/t16-,17-,22-/m1/s1. The lowest BCUT2D eigenvalue weighted by Gasteiger charge is -2.34. The van der Waals surface area contributed by atoms with E-state index in [4.69, 9.17) is 0 Å². The maximum atomic E-state index is 12.5. The minimum atomic E-state index is 0.0562. The van der Waals surface area contributed by atoms with E-state index in [0.29, 0.717) is 28.5 Å². The highest BCUT2D eigenvalue weighted by Gasteiger charge is 2.28. The van der Waals surface area contributed by atoms with E-state index in [0.717, 1.165) is 24.2 Å². The van der Waals surface area contributed by atoms with Gasteiger partial charge >= 0.3 is 0 Å². The summed E-state index contributed by atoms with van der Waals surface area (Å²) in [5.41, 5.74) is 5.69. The van der Waals surface area contributed by atoms with Crippen LogP contribution in [-0.4, -0.2) is 37.3 Å². The Morgan fingerprint density at radius 2 is 1.88 bits per heavy atom. The summed E-state index contributed by atoms with van der Waals surface area (Å²) in [6.07, 6.45) is 4.32. The molecule has 1 amide bonds. The van der Waals surface area contributed by atoms with Gasteiger partial charge in [-0.1, -0.05) is 68.3 Å². The molecule has 1 aliphatic carbocycles. The Bertz CT molecular complexity index is 1110. The van der Waals surface area contributed by atoms with Crippen LogP contribution in [0.25, 0.3) is 5.78 Å². The van der Waals surface area contributed by atoms with Crippen LogP contribution in [0, 0.1) is 32.6 Å². The summed E-state index contributed by atoms with van der Waals surface area (Å²) in [6.45, 7) is 10.7. The molecule has 1 aromatic carbocycles. The number of carbonyl (C=O) groups is 1. The number of amides is 1. The fourth-order valence-corrected chi connectivity index (χ4v) is 5.21. The molecule has 1 saturated carbocycles. The van der Waals surface area contributed by atoms with Crippen LogP contribution in [0.15, 0.2) is 29.4 Å². The van der Waals surface area contributed by atoms with E-state index in [1.54, 1.807) is 0 Å². The smallest absolute Gasteiger partial charge is 0.253 e. The van der Waals surface area contributed by atoms with Gasteiger partial charge in [-0.3, -0.25) is 4.79 Å². The SMILES string of the molecule is Cc1ccc(Cc2c(C)nc3nc(SCC(=O)N[C@@H]4CCC[C@@H](C)[C@H]4C)nn3c2C)cc1. The molecular weight excluding hydrogens is 418 g/mol. The number of rotatable bonds is 6. The Balaban J connectivity index is 1.44. The molecule has 1 aliphatic rings. The van der Waals surface area contributed by atoms with Gasteiger partial charge in [0.05, 0.1) is 5.75 Å². The van der Waals surface area contributed by atoms with Crippen molar-refractivity contribution in [2.24, 2.45) is 11.8 Å². The average molecular weight is 452 g/mol. The summed E-state index contributed by atoms with van der Waals surface area (Å²) in [6, 6.07) is 8.87. The fraction of sp³-hybridized carbons (Fsp3) is 0.520. The zero-order chi connectivity index (χ0) is 22.8. The number of aryl methyl sites for hydroxylation is 3. The number of fused-ring (bicyclic) bond motifs is 1. The third-order valence-corrected chi connectivity index (χ3v) is 7.75. The van der Waals surface area contributed by atoms with Gasteiger partial charge in [0.2, 0.25) is 11.1 Å². The van der Waals surface area contributed by atoms with E-state index in [-0.39, 0.29) is 11.9 Å². The molecule has 32 heavy (non-hydrogen) atoms. The van der Waals surface area contributed by atoms with Gasteiger partial charge in [-0.05, 0) is 50.2 Å². The van der Waals surface area contributed by atoms with Crippen LogP contribution in [0.4, 0.5) is 0 Å². The van der Waals surface area contributed by atoms with Gasteiger partial charge in [-0.15, -0.1) is 5.10 Å². The minimum Gasteiger partial charge on any atom is -0.352 e. The van der Waals surface area contributed by atoms with Crippen molar-refractivity contribution in [3.63, 3.8) is 0 Å². The molecule has 6 nitrogen and oxygen atoms in total. The van der Waals surface area contributed by atoms with Crippen molar-refractivity contribution in [3.05, 3.63) is 52.3 Å². The predicted octanol–water partition coefficient (Wildman–Crippen LogP) is 4.67. The number of hydrogen-bond donors (Lipinski definition) is 1. The van der Waals surface area contributed by atoms with Gasteiger partial charge in [0.1, 0.15) is 0 Å². The number of hydrogen-bond acceptors (Lipinski definition) is 5. The normalized spacial score (nSPS) is 21.1. The first-order chi connectivity index (χ1) is 15.3. The molecule has 1 N–H and O–H groups in total. The molecule has 0 unspecified atom stereocenters. The Morgan fingerprint density at radius 1 is 1.12 bits per heavy atom. The van der Waals surface area contributed by atoms with Crippen LogP contribution in [0.2, 0.25) is 0 Å².